The van der Waals surface area contributed by atoms with Gasteiger partial charge in [-0.25, -0.2) is 4.39 Å². The fourth-order valence-electron chi connectivity index (χ4n) is 3.65. The van der Waals surface area contributed by atoms with E-state index in [9.17, 15) is 18.8 Å². The maximum atomic E-state index is 13.5. The minimum absolute atomic E-state index is 0.0486. The first-order chi connectivity index (χ1) is 13.3. The smallest absolute Gasteiger partial charge is 0.303 e. The highest BCUT2D eigenvalue weighted by Crippen LogP contribution is 2.35. The third kappa shape index (κ3) is 4.24. The van der Waals surface area contributed by atoms with E-state index in [1.807, 2.05) is 4.90 Å². The summed E-state index contributed by atoms with van der Waals surface area (Å²) in [5.41, 5.74) is 1.55. The van der Waals surface area contributed by atoms with Crippen molar-refractivity contribution in [2.45, 2.75) is 51.7 Å². The molecule has 0 bridgehead atoms. The number of halogens is 1. The number of nitrogens with zero attached hydrogens (tertiary/aromatic N) is 1. The quantitative estimate of drug-likeness (QED) is 0.557. The van der Waals surface area contributed by atoms with Gasteiger partial charge in [0.1, 0.15) is 5.82 Å². The van der Waals surface area contributed by atoms with Crippen molar-refractivity contribution >= 4 is 23.6 Å². The van der Waals surface area contributed by atoms with Crippen LogP contribution in [-0.4, -0.2) is 55.6 Å². The van der Waals surface area contributed by atoms with E-state index in [-0.39, 0.29) is 12.4 Å². The van der Waals surface area contributed by atoms with Crippen LogP contribution in [0.2, 0.25) is 0 Å². The minimum atomic E-state index is -1.03. The number of anilines is 1. The van der Waals surface area contributed by atoms with Crippen LogP contribution in [0.1, 0.15) is 26.3 Å². The molecule has 8 nitrogen and oxygen atoms in total. The molecule has 152 valence electrons. The topological polar surface area (TPSA) is 91.4 Å². The molecule has 0 spiro atoms. The molecule has 0 aromatic heterocycles. The first kappa shape index (κ1) is 20.1. The van der Waals surface area contributed by atoms with Gasteiger partial charge >= 0.3 is 17.9 Å². The van der Waals surface area contributed by atoms with Crippen LogP contribution >= 0.6 is 0 Å². The van der Waals surface area contributed by atoms with Gasteiger partial charge in [-0.05, 0) is 30.2 Å². The molecule has 2 aliphatic rings. The molecular formula is C19H22FNO7. The highest BCUT2D eigenvalue weighted by molar-refractivity contribution is 5.68. The van der Waals surface area contributed by atoms with Crippen LogP contribution in [0.4, 0.5) is 10.1 Å². The van der Waals surface area contributed by atoms with Crippen LogP contribution in [0.5, 0.6) is 0 Å². The van der Waals surface area contributed by atoms with Crippen molar-refractivity contribution in [2.24, 2.45) is 0 Å². The fraction of sp³-hybridized carbons (Fsp3) is 0.526. The van der Waals surface area contributed by atoms with Gasteiger partial charge in [0.25, 0.3) is 0 Å². The SMILES string of the molecule is CC(=O)O[C@@H]1[C@@H](OC(C)=O)[C@H](OC(C)=O)CO[C@H]1N1CCc2cc(F)ccc21. The lowest BCUT2D eigenvalue weighted by atomic mass is 10.0. The van der Waals surface area contributed by atoms with Gasteiger partial charge in [-0.1, -0.05) is 0 Å². The Kier molecular flexibility index (Phi) is 5.83. The number of carbonyl (C=O) groups excluding carboxylic acids is 3. The standard InChI is InChI=1S/C19H22FNO7/c1-10(22)26-16-9-25-19(18(28-12(3)24)17(16)27-11(2)23)21-7-6-13-8-14(20)4-5-15(13)21/h4-5,8,16-19H,6-7,9H2,1-3H3/t16-,17+,18-,19-/m1/s1. The van der Waals surface area contributed by atoms with Gasteiger partial charge in [-0.15, -0.1) is 0 Å². The maximum absolute atomic E-state index is 13.5. The maximum Gasteiger partial charge on any atom is 0.303 e. The van der Waals surface area contributed by atoms with Gasteiger partial charge in [0.15, 0.2) is 24.5 Å². The Bertz CT molecular complexity index is 784. The number of carbonyl (C=O) groups is 3. The van der Waals surface area contributed by atoms with E-state index in [0.717, 1.165) is 11.3 Å². The molecule has 0 N–H and O–H groups in total. The Balaban J connectivity index is 1.93. The van der Waals surface area contributed by atoms with Gasteiger partial charge in [0.05, 0.1) is 6.61 Å². The Morgan fingerprint density at radius 1 is 1.04 bits per heavy atom. The van der Waals surface area contributed by atoms with Gasteiger partial charge in [-0.2, -0.15) is 0 Å². The second kappa shape index (κ2) is 8.14. The molecule has 1 saturated heterocycles. The third-order valence-electron chi connectivity index (χ3n) is 4.60. The number of fused-ring (bicyclic) bond motifs is 1. The van der Waals surface area contributed by atoms with Crippen LogP contribution in [0.3, 0.4) is 0 Å². The van der Waals surface area contributed by atoms with E-state index in [1.54, 1.807) is 6.07 Å². The number of ether oxygens (including phenoxy) is 4. The van der Waals surface area contributed by atoms with E-state index < -0.39 is 42.4 Å². The highest BCUT2D eigenvalue weighted by atomic mass is 19.1. The molecule has 0 aliphatic carbocycles. The zero-order valence-electron chi connectivity index (χ0n) is 15.8. The molecule has 0 radical (unpaired) electrons. The Morgan fingerprint density at radius 2 is 1.68 bits per heavy atom. The van der Waals surface area contributed by atoms with Crippen LogP contribution in [-0.2, 0) is 39.8 Å². The summed E-state index contributed by atoms with van der Waals surface area (Å²) in [6.07, 6.45) is -3.18. The van der Waals surface area contributed by atoms with Crippen LogP contribution in [0.25, 0.3) is 0 Å². The summed E-state index contributed by atoms with van der Waals surface area (Å²) in [6.45, 7) is 4.13. The molecule has 9 heteroatoms. The van der Waals surface area contributed by atoms with E-state index in [0.29, 0.717) is 13.0 Å². The Labute approximate surface area is 161 Å². The molecule has 4 atom stereocenters. The van der Waals surface area contributed by atoms with Crippen molar-refractivity contribution in [1.29, 1.82) is 0 Å². The third-order valence-corrected chi connectivity index (χ3v) is 4.60. The molecular weight excluding hydrogens is 373 g/mol. The van der Waals surface area contributed by atoms with Crippen molar-refractivity contribution in [1.82, 2.24) is 0 Å². The van der Waals surface area contributed by atoms with Gasteiger partial charge < -0.3 is 23.8 Å². The molecule has 28 heavy (non-hydrogen) atoms. The lowest BCUT2D eigenvalue weighted by molar-refractivity contribution is -0.225. The van der Waals surface area contributed by atoms with Crippen LogP contribution in [0.15, 0.2) is 18.2 Å². The summed E-state index contributed by atoms with van der Waals surface area (Å²) in [5.74, 6) is -2.12. The van der Waals surface area contributed by atoms with Gasteiger partial charge in [-0.3, -0.25) is 14.4 Å². The summed E-state index contributed by atoms with van der Waals surface area (Å²) in [6, 6.07) is 4.42. The summed E-state index contributed by atoms with van der Waals surface area (Å²) in [4.78, 5) is 36.6. The summed E-state index contributed by atoms with van der Waals surface area (Å²) in [7, 11) is 0. The number of esters is 3. The van der Waals surface area contributed by atoms with Crippen molar-refractivity contribution in [3.63, 3.8) is 0 Å². The molecule has 0 amide bonds. The average molecular weight is 395 g/mol. The molecule has 1 aromatic rings. The largest absolute Gasteiger partial charge is 0.456 e. The summed E-state index contributed by atoms with van der Waals surface area (Å²) in [5, 5.41) is 0. The van der Waals surface area contributed by atoms with E-state index in [2.05, 4.69) is 0 Å². The molecule has 2 heterocycles. The van der Waals surface area contributed by atoms with E-state index in [4.69, 9.17) is 18.9 Å². The van der Waals surface area contributed by atoms with Gasteiger partial charge in [0.2, 0.25) is 0 Å². The normalized spacial score (nSPS) is 26.4. The van der Waals surface area contributed by atoms with Gasteiger partial charge in [0, 0.05) is 33.0 Å². The van der Waals surface area contributed by atoms with E-state index >= 15 is 0 Å². The van der Waals surface area contributed by atoms with Crippen LogP contribution < -0.4 is 4.90 Å². The first-order valence-electron chi connectivity index (χ1n) is 8.94. The monoisotopic (exact) mass is 395 g/mol. The highest BCUT2D eigenvalue weighted by Gasteiger charge is 2.49. The fourth-order valence-corrected chi connectivity index (χ4v) is 3.65. The van der Waals surface area contributed by atoms with Crippen molar-refractivity contribution in [3.05, 3.63) is 29.6 Å². The molecule has 1 fully saturated rings. The first-order valence-corrected chi connectivity index (χ1v) is 8.94. The Hall–Kier alpha value is -2.68. The molecule has 2 aliphatic heterocycles. The second-order valence-electron chi connectivity index (χ2n) is 6.74. The van der Waals surface area contributed by atoms with E-state index in [1.165, 1.54) is 32.9 Å². The number of benzene rings is 1. The summed E-state index contributed by atoms with van der Waals surface area (Å²) >= 11 is 0. The number of hydrogen-bond acceptors (Lipinski definition) is 8. The van der Waals surface area contributed by atoms with Crippen molar-refractivity contribution < 1.29 is 37.7 Å². The second-order valence-corrected chi connectivity index (χ2v) is 6.74. The van der Waals surface area contributed by atoms with Crippen molar-refractivity contribution in [3.8, 4) is 0 Å². The Morgan fingerprint density at radius 3 is 2.32 bits per heavy atom. The molecule has 1 aromatic carbocycles. The lowest BCUT2D eigenvalue weighted by Crippen LogP contribution is -2.62. The lowest BCUT2D eigenvalue weighted by Gasteiger charge is -2.44. The average Bonchev–Trinajstić information content (AvgIpc) is 2.99. The molecule has 3 rings (SSSR count). The molecule has 0 unspecified atom stereocenters. The molecule has 0 saturated carbocycles. The number of rotatable bonds is 4. The minimum Gasteiger partial charge on any atom is -0.456 e. The predicted molar refractivity (Wildman–Crippen MR) is 93.9 cm³/mol. The zero-order chi connectivity index (χ0) is 20.4. The van der Waals surface area contributed by atoms with Crippen molar-refractivity contribution in [2.75, 3.05) is 18.1 Å². The zero-order valence-corrected chi connectivity index (χ0v) is 15.8. The van der Waals surface area contributed by atoms with Crippen LogP contribution in [0, 0.1) is 5.82 Å². The number of hydrogen-bond donors (Lipinski definition) is 0. The predicted octanol–water partition coefficient (Wildman–Crippen LogP) is 1.34. The summed E-state index contributed by atoms with van der Waals surface area (Å²) < 4.78 is 35.4.